The van der Waals surface area contributed by atoms with Crippen molar-refractivity contribution in [3.05, 3.63) is 48.2 Å². The summed E-state index contributed by atoms with van der Waals surface area (Å²) < 4.78 is 13.8. The molecule has 0 radical (unpaired) electrons. The van der Waals surface area contributed by atoms with Crippen molar-refractivity contribution in [3.8, 4) is 0 Å². The summed E-state index contributed by atoms with van der Waals surface area (Å²) in [5, 5.41) is 0. The maximum atomic E-state index is 13.8. The lowest BCUT2D eigenvalue weighted by molar-refractivity contribution is 0.625. The van der Waals surface area contributed by atoms with Crippen molar-refractivity contribution < 1.29 is 4.39 Å². The minimum Gasteiger partial charge on any atom is -0.324 e. The predicted octanol–water partition coefficient (Wildman–Crippen LogP) is 3.51. The van der Waals surface area contributed by atoms with Gasteiger partial charge in [0.05, 0.1) is 11.6 Å². The highest BCUT2D eigenvalue weighted by Crippen LogP contribution is 2.28. The second kappa shape index (κ2) is 5.78. The van der Waals surface area contributed by atoms with Crippen LogP contribution in [0.5, 0.6) is 0 Å². The number of para-hydroxylation sites is 1. The lowest BCUT2D eigenvalue weighted by Crippen LogP contribution is -2.20. The van der Waals surface area contributed by atoms with E-state index in [1.807, 2.05) is 6.92 Å². The largest absolute Gasteiger partial charge is 0.324 e. The molecule has 3 nitrogen and oxygen atoms in total. The Morgan fingerprint density at radius 2 is 2.11 bits per heavy atom. The highest BCUT2D eigenvalue weighted by Gasteiger charge is 2.15. The molecule has 0 spiro atoms. The van der Waals surface area contributed by atoms with Crippen LogP contribution in [0.1, 0.15) is 12.5 Å². The second-order valence-corrected chi connectivity index (χ2v) is 3.97. The van der Waals surface area contributed by atoms with E-state index in [4.69, 9.17) is 11.6 Å². The topological polar surface area (TPSA) is 29.0 Å². The zero-order chi connectivity index (χ0) is 13.0. The van der Waals surface area contributed by atoms with Crippen molar-refractivity contribution in [1.82, 2.24) is 9.97 Å². The number of nitrogens with zero attached hydrogens (tertiary/aromatic N) is 3. The van der Waals surface area contributed by atoms with Gasteiger partial charge in [-0.1, -0.05) is 12.1 Å². The SMILES string of the molecule is CCN(c1ccccc1F)c1ncncc1CCl. The molecule has 1 aromatic carbocycles. The first-order chi connectivity index (χ1) is 8.77. The number of aromatic nitrogens is 2. The first-order valence-electron chi connectivity index (χ1n) is 5.64. The van der Waals surface area contributed by atoms with Crippen molar-refractivity contribution in [2.45, 2.75) is 12.8 Å². The van der Waals surface area contributed by atoms with Gasteiger partial charge >= 0.3 is 0 Å². The van der Waals surface area contributed by atoms with Gasteiger partial charge in [-0.15, -0.1) is 11.6 Å². The van der Waals surface area contributed by atoms with Crippen LogP contribution in [-0.2, 0) is 5.88 Å². The molecule has 1 heterocycles. The summed E-state index contributed by atoms with van der Waals surface area (Å²) in [5.41, 5.74) is 1.27. The number of hydrogen-bond donors (Lipinski definition) is 0. The van der Waals surface area contributed by atoms with Gasteiger partial charge in [0, 0.05) is 18.3 Å². The van der Waals surface area contributed by atoms with E-state index in [0.717, 1.165) is 5.56 Å². The molecule has 0 N–H and O–H groups in total. The lowest BCUT2D eigenvalue weighted by atomic mass is 10.2. The zero-order valence-electron chi connectivity index (χ0n) is 9.98. The first-order valence-corrected chi connectivity index (χ1v) is 6.18. The van der Waals surface area contributed by atoms with E-state index in [0.29, 0.717) is 23.9 Å². The molecular formula is C13H13ClFN3. The van der Waals surface area contributed by atoms with Gasteiger partial charge in [0.15, 0.2) is 0 Å². The number of benzene rings is 1. The minimum atomic E-state index is -0.279. The molecule has 0 atom stereocenters. The van der Waals surface area contributed by atoms with Gasteiger partial charge < -0.3 is 4.90 Å². The fourth-order valence-electron chi connectivity index (χ4n) is 1.79. The highest BCUT2D eigenvalue weighted by atomic mass is 35.5. The summed E-state index contributed by atoms with van der Waals surface area (Å²) in [7, 11) is 0. The summed E-state index contributed by atoms with van der Waals surface area (Å²) in [6.45, 7) is 2.54. The third kappa shape index (κ3) is 2.43. The molecular weight excluding hydrogens is 253 g/mol. The number of anilines is 2. The standard InChI is InChI=1S/C13H13ClFN3/c1-2-18(12-6-4-3-5-11(12)15)13-10(7-14)8-16-9-17-13/h3-6,8-9H,2,7H2,1H3. The Labute approximate surface area is 110 Å². The van der Waals surface area contributed by atoms with Gasteiger partial charge in [-0.3, -0.25) is 0 Å². The van der Waals surface area contributed by atoms with E-state index < -0.39 is 0 Å². The van der Waals surface area contributed by atoms with Gasteiger partial charge in [0.1, 0.15) is 18.0 Å². The Kier molecular flexibility index (Phi) is 4.10. The average molecular weight is 266 g/mol. The third-order valence-corrected chi connectivity index (χ3v) is 2.91. The van der Waals surface area contributed by atoms with Gasteiger partial charge in [-0.25, -0.2) is 14.4 Å². The molecule has 0 saturated heterocycles. The molecule has 0 saturated carbocycles. The van der Waals surface area contributed by atoms with E-state index in [2.05, 4.69) is 9.97 Å². The maximum absolute atomic E-state index is 13.8. The summed E-state index contributed by atoms with van der Waals surface area (Å²) in [6, 6.07) is 6.61. The molecule has 1 aromatic heterocycles. The van der Waals surface area contributed by atoms with Crippen LogP contribution in [0.25, 0.3) is 0 Å². The summed E-state index contributed by atoms with van der Waals surface area (Å²) in [5.74, 6) is 0.660. The normalized spacial score (nSPS) is 10.4. The Bertz CT molecular complexity index is 533. The van der Waals surface area contributed by atoms with E-state index in [9.17, 15) is 4.39 Å². The monoisotopic (exact) mass is 265 g/mol. The van der Waals surface area contributed by atoms with E-state index >= 15 is 0 Å². The van der Waals surface area contributed by atoms with Crippen LogP contribution in [-0.4, -0.2) is 16.5 Å². The fraction of sp³-hybridized carbons (Fsp3) is 0.231. The third-order valence-electron chi connectivity index (χ3n) is 2.62. The van der Waals surface area contributed by atoms with Crippen molar-refractivity contribution in [1.29, 1.82) is 0 Å². The quantitative estimate of drug-likeness (QED) is 0.792. The number of rotatable bonds is 4. The van der Waals surface area contributed by atoms with Gasteiger partial charge in [0.2, 0.25) is 0 Å². The number of alkyl halides is 1. The smallest absolute Gasteiger partial charge is 0.146 e. The van der Waals surface area contributed by atoms with Crippen LogP contribution >= 0.6 is 11.6 Å². The van der Waals surface area contributed by atoms with Gasteiger partial charge in [-0.05, 0) is 19.1 Å². The van der Waals surface area contributed by atoms with E-state index in [1.54, 1.807) is 29.3 Å². The van der Waals surface area contributed by atoms with E-state index in [1.165, 1.54) is 12.4 Å². The molecule has 94 valence electrons. The molecule has 0 aliphatic heterocycles. The Hall–Kier alpha value is -1.68. The zero-order valence-corrected chi connectivity index (χ0v) is 10.7. The molecule has 2 rings (SSSR count). The molecule has 5 heteroatoms. The van der Waals surface area contributed by atoms with Crippen molar-refractivity contribution in [3.63, 3.8) is 0 Å². The summed E-state index contributed by atoms with van der Waals surface area (Å²) >= 11 is 5.86. The summed E-state index contributed by atoms with van der Waals surface area (Å²) in [6.07, 6.45) is 3.09. The second-order valence-electron chi connectivity index (χ2n) is 3.70. The van der Waals surface area contributed by atoms with Crippen LogP contribution in [0, 0.1) is 5.82 Å². The predicted molar refractivity (Wildman–Crippen MR) is 70.7 cm³/mol. The van der Waals surface area contributed by atoms with E-state index in [-0.39, 0.29) is 5.82 Å². The molecule has 2 aromatic rings. The minimum absolute atomic E-state index is 0.279. The highest BCUT2D eigenvalue weighted by molar-refractivity contribution is 6.17. The molecule has 0 aliphatic rings. The Morgan fingerprint density at radius 3 is 2.78 bits per heavy atom. The fourth-order valence-corrected chi connectivity index (χ4v) is 1.98. The van der Waals surface area contributed by atoms with Crippen LogP contribution in [0.2, 0.25) is 0 Å². The van der Waals surface area contributed by atoms with Gasteiger partial charge in [-0.2, -0.15) is 0 Å². The number of hydrogen-bond acceptors (Lipinski definition) is 3. The van der Waals surface area contributed by atoms with Crippen LogP contribution in [0.4, 0.5) is 15.9 Å². The van der Waals surface area contributed by atoms with Crippen molar-refractivity contribution in [2.75, 3.05) is 11.4 Å². The molecule has 0 aliphatic carbocycles. The molecule has 0 amide bonds. The van der Waals surface area contributed by atoms with Crippen LogP contribution in [0.15, 0.2) is 36.8 Å². The summed E-state index contributed by atoms with van der Waals surface area (Å²) in [4.78, 5) is 9.92. The van der Waals surface area contributed by atoms with Crippen molar-refractivity contribution >= 4 is 23.1 Å². The number of halogens is 2. The molecule has 0 bridgehead atoms. The first kappa shape index (κ1) is 12.8. The molecule has 0 fully saturated rings. The Morgan fingerprint density at radius 1 is 1.33 bits per heavy atom. The van der Waals surface area contributed by atoms with Crippen LogP contribution < -0.4 is 4.90 Å². The Balaban J connectivity index is 2.49. The van der Waals surface area contributed by atoms with Gasteiger partial charge in [0.25, 0.3) is 0 Å². The van der Waals surface area contributed by atoms with Crippen LogP contribution in [0.3, 0.4) is 0 Å². The maximum Gasteiger partial charge on any atom is 0.146 e. The average Bonchev–Trinajstić information content (AvgIpc) is 2.42. The molecule has 18 heavy (non-hydrogen) atoms. The molecule has 0 unspecified atom stereocenters. The van der Waals surface area contributed by atoms with Crippen molar-refractivity contribution in [2.24, 2.45) is 0 Å². The lowest BCUT2D eigenvalue weighted by Gasteiger charge is -2.24.